The van der Waals surface area contributed by atoms with E-state index in [1.807, 2.05) is 26.8 Å². The van der Waals surface area contributed by atoms with Crippen LogP contribution in [-0.2, 0) is 17.6 Å². The zero-order chi connectivity index (χ0) is 27.4. The molecule has 8 nitrogen and oxygen atoms in total. The minimum absolute atomic E-state index is 0.343. The van der Waals surface area contributed by atoms with Crippen LogP contribution in [0.3, 0.4) is 0 Å². The number of nitrogens with zero attached hydrogens (tertiary/aromatic N) is 3. The largest absolute Gasteiger partial charge is 0.444 e. The van der Waals surface area contributed by atoms with Gasteiger partial charge < -0.3 is 20.0 Å². The lowest BCUT2D eigenvalue weighted by Gasteiger charge is -2.31. The Hall–Kier alpha value is -4.09. The second-order valence-corrected chi connectivity index (χ2v) is 12.0. The zero-order valence-corrected chi connectivity index (χ0v) is 23.2. The summed E-state index contributed by atoms with van der Waals surface area (Å²) in [5, 5.41) is 3.56. The molecule has 2 aliphatic heterocycles. The van der Waals surface area contributed by atoms with Gasteiger partial charge >= 0.3 is 6.09 Å². The van der Waals surface area contributed by atoms with E-state index >= 15 is 0 Å². The lowest BCUT2D eigenvalue weighted by Crippen LogP contribution is -2.41. The van der Waals surface area contributed by atoms with Crippen molar-refractivity contribution in [1.82, 2.24) is 30.2 Å². The summed E-state index contributed by atoms with van der Waals surface area (Å²) in [5.41, 5.74) is 8.40. The van der Waals surface area contributed by atoms with E-state index in [4.69, 9.17) is 14.7 Å². The van der Waals surface area contributed by atoms with E-state index in [9.17, 15) is 4.79 Å². The summed E-state index contributed by atoms with van der Waals surface area (Å²) < 4.78 is 5.64. The first-order chi connectivity index (χ1) is 19.3. The van der Waals surface area contributed by atoms with Gasteiger partial charge in [-0.2, -0.15) is 0 Å². The first-order valence-electron chi connectivity index (χ1n) is 14.3. The van der Waals surface area contributed by atoms with Crippen LogP contribution >= 0.6 is 0 Å². The molecule has 3 aliphatic rings. The highest BCUT2D eigenvalue weighted by Gasteiger charge is 2.31. The second kappa shape index (κ2) is 9.53. The van der Waals surface area contributed by atoms with Crippen LogP contribution in [-0.4, -0.2) is 49.6 Å². The van der Waals surface area contributed by atoms with Crippen LogP contribution in [0, 0.1) is 11.8 Å². The lowest BCUT2D eigenvalue weighted by atomic mass is 9.89. The van der Waals surface area contributed by atoms with Gasteiger partial charge in [-0.3, -0.25) is 4.90 Å². The number of aromatic amines is 2. The van der Waals surface area contributed by atoms with Gasteiger partial charge in [-0.25, -0.2) is 14.8 Å². The molecule has 2 aromatic carbocycles. The maximum atomic E-state index is 12.9. The van der Waals surface area contributed by atoms with Crippen LogP contribution in [0.4, 0.5) is 4.79 Å². The molecule has 0 spiro atoms. The molecule has 2 unspecified atom stereocenters. The summed E-state index contributed by atoms with van der Waals surface area (Å²) in [5.74, 6) is 8.07. The molecule has 2 atom stereocenters. The summed E-state index contributed by atoms with van der Waals surface area (Å²) in [7, 11) is 0. The highest BCUT2D eigenvalue weighted by Crippen LogP contribution is 2.37. The number of hydrogen-bond donors (Lipinski definition) is 3. The van der Waals surface area contributed by atoms with Crippen molar-refractivity contribution in [2.45, 2.75) is 70.6 Å². The van der Waals surface area contributed by atoms with Gasteiger partial charge in [-0.15, -0.1) is 0 Å². The molecule has 0 radical (unpaired) electrons. The Morgan fingerprint density at radius 1 is 1.05 bits per heavy atom. The first-order valence-corrected chi connectivity index (χ1v) is 14.3. The SMILES string of the molecule is CC(C)(C)OC(=O)N1CCC#CC1c1nc2ccc(-c3ccc4c(c3)CCc3[nH]c(C5CCCN5)nc3-4)cc2[nH]1. The van der Waals surface area contributed by atoms with Gasteiger partial charge in [-0.1, -0.05) is 36.1 Å². The van der Waals surface area contributed by atoms with Crippen molar-refractivity contribution in [3.05, 3.63) is 59.3 Å². The number of amides is 1. The predicted molar refractivity (Wildman–Crippen MR) is 155 cm³/mol. The Morgan fingerprint density at radius 3 is 2.73 bits per heavy atom. The minimum Gasteiger partial charge on any atom is -0.444 e. The highest BCUT2D eigenvalue weighted by atomic mass is 16.6. The van der Waals surface area contributed by atoms with Crippen molar-refractivity contribution in [2.75, 3.05) is 13.1 Å². The van der Waals surface area contributed by atoms with E-state index in [-0.39, 0.29) is 6.09 Å². The molecule has 8 heteroatoms. The quantitative estimate of drug-likeness (QED) is 0.287. The number of aryl methyl sites for hydroxylation is 2. The average molecular weight is 535 g/mol. The molecule has 4 heterocycles. The molecule has 2 aromatic heterocycles. The number of rotatable bonds is 3. The maximum Gasteiger partial charge on any atom is 0.411 e. The number of nitrogens with one attached hydrogen (secondary N) is 3. The molecule has 1 saturated heterocycles. The van der Waals surface area contributed by atoms with Crippen LogP contribution in [0.1, 0.15) is 75.0 Å². The number of carbonyl (C=O) groups excluding carboxylic acids is 1. The number of hydrogen-bond acceptors (Lipinski definition) is 5. The molecule has 3 N–H and O–H groups in total. The summed E-state index contributed by atoms with van der Waals surface area (Å²) in [6.45, 7) is 7.20. The van der Waals surface area contributed by atoms with Crippen molar-refractivity contribution in [2.24, 2.45) is 0 Å². The number of benzene rings is 2. The molecule has 1 amide bonds. The number of aromatic nitrogens is 4. The Labute approximate surface area is 233 Å². The molecule has 4 aromatic rings. The fraction of sp³-hybridized carbons (Fsp3) is 0.406. The van der Waals surface area contributed by atoms with Crippen molar-refractivity contribution < 1.29 is 9.53 Å². The van der Waals surface area contributed by atoms with Crippen LogP contribution in [0.5, 0.6) is 0 Å². The van der Waals surface area contributed by atoms with Crippen LogP contribution < -0.4 is 5.32 Å². The smallest absolute Gasteiger partial charge is 0.411 e. The van der Waals surface area contributed by atoms with Crippen molar-refractivity contribution in [3.63, 3.8) is 0 Å². The molecule has 204 valence electrons. The highest BCUT2D eigenvalue weighted by molar-refractivity contribution is 5.83. The van der Waals surface area contributed by atoms with Gasteiger partial charge in [-0.05, 0) is 81.8 Å². The van der Waals surface area contributed by atoms with E-state index in [1.165, 1.54) is 28.8 Å². The summed E-state index contributed by atoms with van der Waals surface area (Å²) in [6, 6.07) is 12.9. The van der Waals surface area contributed by atoms with Crippen LogP contribution in [0.15, 0.2) is 36.4 Å². The monoisotopic (exact) mass is 534 g/mol. The van der Waals surface area contributed by atoms with E-state index in [0.717, 1.165) is 53.9 Å². The fourth-order valence-corrected chi connectivity index (χ4v) is 6.01. The first kappa shape index (κ1) is 24.9. The topological polar surface area (TPSA) is 98.9 Å². The Kier molecular flexibility index (Phi) is 5.93. The molecule has 40 heavy (non-hydrogen) atoms. The Morgan fingerprint density at radius 2 is 1.90 bits per heavy atom. The maximum absolute atomic E-state index is 12.9. The summed E-state index contributed by atoms with van der Waals surface area (Å²) >= 11 is 0. The third-order valence-corrected chi connectivity index (χ3v) is 7.94. The summed E-state index contributed by atoms with van der Waals surface area (Å²) in [4.78, 5) is 31.4. The molecule has 1 fully saturated rings. The third-order valence-electron chi connectivity index (χ3n) is 7.94. The van der Waals surface area contributed by atoms with E-state index < -0.39 is 11.6 Å². The number of ether oxygens (including phenoxy) is 1. The lowest BCUT2D eigenvalue weighted by molar-refractivity contribution is 0.0197. The van der Waals surface area contributed by atoms with Gasteiger partial charge in [0.2, 0.25) is 0 Å². The second-order valence-electron chi connectivity index (χ2n) is 12.0. The van der Waals surface area contributed by atoms with Gasteiger partial charge in [0, 0.05) is 24.2 Å². The predicted octanol–water partition coefficient (Wildman–Crippen LogP) is 5.83. The molecule has 0 saturated carbocycles. The minimum atomic E-state index is -0.571. The van der Waals surface area contributed by atoms with Gasteiger partial charge in [0.05, 0.1) is 22.8 Å². The Balaban J connectivity index is 1.17. The zero-order valence-electron chi connectivity index (χ0n) is 23.2. The van der Waals surface area contributed by atoms with E-state index in [1.54, 1.807) is 4.90 Å². The third kappa shape index (κ3) is 4.54. The molecular weight excluding hydrogens is 500 g/mol. The van der Waals surface area contributed by atoms with Crippen molar-refractivity contribution in [3.8, 4) is 34.2 Å². The number of fused-ring (bicyclic) bond motifs is 4. The van der Waals surface area contributed by atoms with E-state index in [2.05, 4.69) is 57.5 Å². The molecule has 7 rings (SSSR count). The fourth-order valence-electron chi connectivity index (χ4n) is 6.01. The van der Waals surface area contributed by atoms with Crippen molar-refractivity contribution in [1.29, 1.82) is 0 Å². The Bertz CT molecular complexity index is 1670. The average Bonchev–Trinajstić information content (AvgIpc) is 3.70. The molecule has 0 bridgehead atoms. The van der Waals surface area contributed by atoms with Gasteiger partial charge in [0.15, 0.2) is 6.04 Å². The standard InChI is InChI=1S/C32H34N6O2/c1-32(2,3)40-31(39)38-16-5-4-8-27(38)30-34-23-13-10-20(18-26(23)36-30)19-9-12-22-21(17-19)11-14-24-28(22)37-29(35-24)25-7-6-15-33-25/h9-10,12-13,17-18,25,27,33H,5-7,11,14-16H2,1-3H3,(H,34,36)(H,35,37). The normalized spacial score (nSPS) is 20.1. The molecular formula is C32H34N6O2. The van der Waals surface area contributed by atoms with Crippen molar-refractivity contribution >= 4 is 17.1 Å². The molecule has 1 aliphatic carbocycles. The number of H-pyrrole nitrogens is 2. The van der Waals surface area contributed by atoms with E-state index in [0.29, 0.717) is 24.8 Å². The number of imidazole rings is 2. The number of carbonyl (C=O) groups is 1. The van der Waals surface area contributed by atoms with Crippen LogP contribution in [0.25, 0.3) is 33.4 Å². The van der Waals surface area contributed by atoms with Crippen LogP contribution in [0.2, 0.25) is 0 Å². The van der Waals surface area contributed by atoms with Gasteiger partial charge in [0.25, 0.3) is 0 Å². The van der Waals surface area contributed by atoms with Gasteiger partial charge in [0.1, 0.15) is 17.2 Å². The summed E-state index contributed by atoms with van der Waals surface area (Å²) in [6.07, 6.45) is 4.57.